The molecule has 1 aliphatic carbocycles. The van der Waals surface area contributed by atoms with Crippen LogP contribution in [0.4, 0.5) is 0 Å². The average Bonchev–Trinajstić information content (AvgIpc) is 3.05. The van der Waals surface area contributed by atoms with Crippen LogP contribution in [0.3, 0.4) is 0 Å². The number of likely N-dealkylation sites (tertiary alicyclic amines) is 1. The van der Waals surface area contributed by atoms with Gasteiger partial charge in [-0.15, -0.1) is 0 Å². The Balaban J connectivity index is 1.32. The Labute approximate surface area is 157 Å². The van der Waals surface area contributed by atoms with Crippen LogP contribution in [0.25, 0.3) is 0 Å². The van der Waals surface area contributed by atoms with Gasteiger partial charge in [0.1, 0.15) is 0 Å². The molecule has 0 radical (unpaired) electrons. The minimum Gasteiger partial charge on any atom is -0.301 e. The lowest BCUT2D eigenvalue weighted by atomic mass is 9.98. The standard InChI is InChI=1S/C22H43N3/c1-21(2,3)24-12-10-23(11-13-24)9-7-8-18-14-19-16-25(22(4,5)6)17-20(19)15-18/h18-20H,7-17H2,1-6H3. The monoisotopic (exact) mass is 349 g/mol. The molecule has 3 aliphatic rings. The summed E-state index contributed by atoms with van der Waals surface area (Å²) in [6, 6.07) is 0. The zero-order valence-electron chi connectivity index (χ0n) is 17.9. The van der Waals surface area contributed by atoms with Gasteiger partial charge in [-0.25, -0.2) is 0 Å². The van der Waals surface area contributed by atoms with Gasteiger partial charge < -0.3 is 4.90 Å². The third kappa shape index (κ3) is 4.99. The molecule has 2 aliphatic heterocycles. The number of fused-ring (bicyclic) bond motifs is 1. The fourth-order valence-electron chi connectivity index (χ4n) is 5.45. The van der Waals surface area contributed by atoms with Gasteiger partial charge in [-0.3, -0.25) is 9.80 Å². The van der Waals surface area contributed by atoms with E-state index in [0.29, 0.717) is 11.1 Å². The summed E-state index contributed by atoms with van der Waals surface area (Å²) in [4.78, 5) is 8.08. The molecule has 25 heavy (non-hydrogen) atoms. The van der Waals surface area contributed by atoms with Crippen LogP contribution >= 0.6 is 0 Å². The quantitative estimate of drug-likeness (QED) is 0.761. The second-order valence-corrected chi connectivity index (χ2v) is 11.1. The van der Waals surface area contributed by atoms with Crippen LogP contribution in [0.1, 0.15) is 67.2 Å². The smallest absolute Gasteiger partial charge is 0.0126 e. The molecule has 2 unspecified atom stereocenters. The van der Waals surface area contributed by atoms with Crippen molar-refractivity contribution >= 4 is 0 Å². The normalized spacial score (nSPS) is 33.1. The lowest BCUT2D eigenvalue weighted by Crippen LogP contribution is -2.53. The third-order valence-corrected chi connectivity index (χ3v) is 7.20. The molecule has 3 rings (SSSR count). The zero-order chi connectivity index (χ0) is 18.2. The largest absolute Gasteiger partial charge is 0.301 e. The van der Waals surface area contributed by atoms with Crippen molar-refractivity contribution in [2.75, 3.05) is 45.8 Å². The first-order valence-corrected chi connectivity index (χ1v) is 10.9. The summed E-state index contributed by atoms with van der Waals surface area (Å²) in [6.45, 7) is 23.3. The van der Waals surface area contributed by atoms with Crippen molar-refractivity contribution in [3.05, 3.63) is 0 Å². The van der Waals surface area contributed by atoms with Crippen molar-refractivity contribution in [2.24, 2.45) is 17.8 Å². The predicted molar refractivity (Wildman–Crippen MR) is 108 cm³/mol. The Kier molecular flexibility index (Phi) is 5.88. The van der Waals surface area contributed by atoms with Crippen molar-refractivity contribution in [3.63, 3.8) is 0 Å². The fourth-order valence-corrected chi connectivity index (χ4v) is 5.45. The number of hydrogen-bond donors (Lipinski definition) is 0. The van der Waals surface area contributed by atoms with Crippen LogP contribution in [-0.2, 0) is 0 Å². The second-order valence-electron chi connectivity index (χ2n) is 11.1. The van der Waals surface area contributed by atoms with Gasteiger partial charge in [0.25, 0.3) is 0 Å². The van der Waals surface area contributed by atoms with Crippen LogP contribution in [0, 0.1) is 17.8 Å². The SMILES string of the molecule is CC(C)(C)N1CCN(CCCC2CC3CN(C(C)(C)C)CC3C2)CC1. The van der Waals surface area contributed by atoms with Gasteiger partial charge in [-0.2, -0.15) is 0 Å². The van der Waals surface area contributed by atoms with Crippen molar-refractivity contribution < 1.29 is 0 Å². The molecule has 0 amide bonds. The van der Waals surface area contributed by atoms with E-state index in [9.17, 15) is 0 Å². The van der Waals surface area contributed by atoms with Crippen LogP contribution < -0.4 is 0 Å². The summed E-state index contributed by atoms with van der Waals surface area (Å²) in [7, 11) is 0. The van der Waals surface area contributed by atoms with Crippen molar-refractivity contribution in [3.8, 4) is 0 Å². The summed E-state index contributed by atoms with van der Waals surface area (Å²) in [6.07, 6.45) is 5.91. The predicted octanol–water partition coefficient (Wildman–Crippen LogP) is 3.94. The fraction of sp³-hybridized carbons (Fsp3) is 1.00. The number of piperazine rings is 1. The summed E-state index contributed by atoms with van der Waals surface area (Å²) in [5, 5.41) is 0. The molecular formula is C22H43N3. The topological polar surface area (TPSA) is 9.72 Å². The molecule has 0 aromatic rings. The molecule has 1 saturated carbocycles. The minimum absolute atomic E-state index is 0.342. The van der Waals surface area contributed by atoms with E-state index in [-0.39, 0.29) is 0 Å². The van der Waals surface area contributed by atoms with E-state index in [1.54, 1.807) is 0 Å². The van der Waals surface area contributed by atoms with E-state index >= 15 is 0 Å². The maximum atomic E-state index is 2.73. The van der Waals surface area contributed by atoms with Gasteiger partial charge in [0.2, 0.25) is 0 Å². The lowest BCUT2D eigenvalue weighted by molar-refractivity contribution is 0.0610. The van der Waals surface area contributed by atoms with E-state index < -0.39 is 0 Å². The maximum absolute atomic E-state index is 2.73. The molecule has 3 heteroatoms. The highest BCUT2D eigenvalue weighted by atomic mass is 15.3. The first-order chi connectivity index (χ1) is 11.6. The maximum Gasteiger partial charge on any atom is 0.0126 e. The van der Waals surface area contributed by atoms with E-state index in [0.717, 1.165) is 17.8 Å². The number of hydrogen-bond acceptors (Lipinski definition) is 3. The Morgan fingerprint density at radius 3 is 1.72 bits per heavy atom. The molecule has 0 N–H and O–H groups in total. The molecule has 3 fully saturated rings. The number of nitrogens with zero attached hydrogens (tertiary/aromatic N) is 3. The van der Waals surface area contributed by atoms with E-state index in [1.807, 2.05) is 0 Å². The molecule has 2 saturated heterocycles. The average molecular weight is 350 g/mol. The van der Waals surface area contributed by atoms with Gasteiger partial charge in [-0.1, -0.05) is 0 Å². The molecule has 3 nitrogen and oxygen atoms in total. The van der Waals surface area contributed by atoms with Crippen LogP contribution in [0.5, 0.6) is 0 Å². The zero-order valence-corrected chi connectivity index (χ0v) is 17.9. The second kappa shape index (κ2) is 7.48. The van der Waals surface area contributed by atoms with E-state index in [2.05, 4.69) is 56.2 Å². The van der Waals surface area contributed by atoms with Gasteiger partial charge in [0.05, 0.1) is 0 Å². The minimum atomic E-state index is 0.342. The van der Waals surface area contributed by atoms with Gasteiger partial charge in [0.15, 0.2) is 0 Å². The van der Waals surface area contributed by atoms with Crippen LogP contribution in [-0.4, -0.2) is 71.6 Å². The highest BCUT2D eigenvalue weighted by Gasteiger charge is 2.43. The molecule has 0 aromatic heterocycles. The van der Waals surface area contributed by atoms with E-state index in [1.165, 1.54) is 71.5 Å². The van der Waals surface area contributed by atoms with Crippen molar-refractivity contribution in [2.45, 2.75) is 78.3 Å². The van der Waals surface area contributed by atoms with Crippen molar-refractivity contribution in [1.82, 2.24) is 14.7 Å². The molecule has 0 aromatic carbocycles. The Hall–Kier alpha value is -0.120. The summed E-state index contributed by atoms with van der Waals surface area (Å²) < 4.78 is 0. The highest BCUT2D eigenvalue weighted by Crippen LogP contribution is 2.44. The summed E-state index contributed by atoms with van der Waals surface area (Å²) in [5.74, 6) is 3.02. The lowest BCUT2D eigenvalue weighted by Gasteiger charge is -2.42. The van der Waals surface area contributed by atoms with Gasteiger partial charge in [-0.05, 0) is 91.5 Å². The third-order valence-electron chi connectivity index (χ3n) is 7.20. The van der Waals surface area contributed by atoms with Gasteiger partial charge in [0, 0.05) is 50.3 Å². The molecule has 146 valence electrons. The number of rotatable bonds is 4. The molecule has 2 atom stereocenters. The highest BCUT2D eigenvalue weighted by molar-refractivity contribution is 4.95. The molecular weight excluding hydrogens is 306 g/mol. The Bertz CT molecular complexity index is 412. The first-order valence-electron chi connectivity index (χ1n) is 10.9. The summed E-state index contributed by atoms with van der Waals surface area (Å²) >= 11 is 0. The van der Waals surface area contributed by atoms with Crippen LogP contribution in [0.2, 0.25) is 0 Å². The summed E-state index contributed by atoms with van der Waals surface area (Å²) in [5.41, 5.74) is 0.712. The van der Waals surface area contributed by atoms with E-state index in [4.69, 9.17) is 0 Å². The Morgan fingerprint density at radius 2 is 1.24 bits per heavy atom. The first kappa shape index (κ1) is 19.6. The molecule has 2 heterocycles. The molecule has 0 bridgehead atoms. The van der Waals surface area contributed by atoms with Crippen LogP contribution in [0.15, 0.2) is 0 Å². The molecule has 0 spiro atoms. The van der Waals surface area contributed by atoms with Gasteiger partial charge >= 0.3 is 0 Å². The Morgan fingerprint density at radius 1 is 0.720 bits per heavy atom. The van der Waals surface area contributed by atoms with Crippen molar-refractivity contribution in [1.29, 1.82) is 0 Å².